The summed E-state index contributed by atoms with van der Waals surface area (Å²) in [6.07, 6.45) is 3.55. The molecular weight excluding hydrogens is 362 g/mol. The average Bonchev–Trinajstić information content (AvgIpc) is 2.75. The van der Waals surface area contributed by atoms with Gasteiger partial charge in [0, 0.05) is 30.7 Å². The molecule has 0 amide bonds. The van der Waals surface area contributed by atoms with Crippen LogP contribution in [0.5, 0.6) is 11.5 Å². The fourth-order valence-electron chi connectivity index (χ4n) is 2.80. The molecule has 29 heavy (non-hydrogen) atoms. The van der Waals surface area contributed by atoms with E-state index in [1.807, 2.05) is 79.7 Å². The number of hydrogen-bond donors (Lipinski definition) is 2. The number of benzene rings is 2. The van der Waals surface area contributed by atoms with Crippen LogP contribution < -0.4 is 15.4 Å². The van der Waals surface area contributed by atoms with Crippen molar-refractivity contribution in [3.8, 4) is 11.5 Å². The third-order valence-corrected chi connectivity index (χ3v) is 4.18. The van der Waals surface area contributed by atoms with Gasteiger partial charge in [0.2, 0.25) is 5.95 Å². The minimum absolute atomic E-state index is 0.506. The SMILES string of the molecule is Cc1cc(NCc2ccncc2)nc(Nc2ccccc2Oc2ccccc2)n1. The maximum Gasteiger partial charge on any atom is 0.229 e. The summed E-state index contributed by atoms with van der Waals surface area (Å²) in [6.45, 7) is 2.60. The van der Waals surface area contributed by atoms with E-state index in [2.05, 4.69) is 25.6 Å². The molecule has 0 atom stereocenters. The van der Waals surface area contributed by atoms with Crippen LogP contribution in [-0.2, 0) is 6.54 Å². The molecule has 2 N–H and O–H groups in total. The highest BCUT2D eigenvalue weighted by Crippen LogP contribution is 2.30. The second kappa shape index (κ2) is 8.84. The minimum Gasteiger partial charge on any atom is -0.455 e. The van der Waals surface area contributed by atoms with Crippen LogP contribution in [-0.4, -0.2) is 15.0 Å². The Morgan fingerprint density at radius 2 is 1.62 bits per heavy atom. The molecule has 6 nitrogen and oxygen atoms in total. The number of rotatable bonds is 7. The van der Waals surface area contributed by atoms with Gasteiger partial charge in [-0.1, -0.05) is 30.3 Å². The normalized spacial score (nSPS) is 10.4. The van der Waals surface area contributed by atoms with Gasteiger partial charge in [-0.15, -0.1) is 0 Å². The quantitative estimate of drug-likeness (QED) is 0.449. The second-order valence-electron chi connectivity index (χ2n) is 6.46. The van der Waals surface area contributed by atoms with Crippen molar-refractivity contribution in [1.29, 1.82) is 0 Å². The smallest absolute Gasteiger partial charge is 0.229 e. The van der Waals surface area contributed by atoms with Crippen molar-refractivity contribution < 1.29 is 4.74 Å². The van der Waals surface area contributed by atoms with E-state index in [0.717, 1.165) is 28.5 Å². The van der Waals surface area contributed by atoms with Crippen LogP contribution in [0.4, 0.5) is 17.5 Å². The Bertz CT molecular complexity index is 1070. The summed E-state index contributed by atoms with van der Waals surface area (Å²) < 4.78 is 6.01. The molecule has 0 aliphatic rings. The van der Waals surface area contributed by atoms with E-state index in [1.54, 1.807) is 12.4 Å². The Morgan fingerprint density at radius 1 is 0.862 bits per heavy atom. The zero-order valence-corrected chi connectivity index (χ0v) is 16.0. The molecule has 0 unspecified atom stereocenters. The molecule has 0 spiro atoms. The Morgan fingerprint density at radius 3 is 2.45 bits per heavy atom. The Labute approximate surface area is 169 Å². The molecule has 4 rings (SSSR count). The largest absolute Gasteiger partial charge is 0.455 e. The number of aryl methyl sites for hydroxylation is 1. The van der Waals surface area contributed by atoms with Gasteiger partial charge in [0.1, 0.15) is 11.6 Å². The lowest BCUT2D eigenvalue weighted by atomic mass is 10.2. The maximum atomic E-state index is 6.01. The van der Waals surface area contributed by atoms with Gasteiger partial charge >= 0.3 is 0 Å². The number of nitrogens with one attached hydrogen (secondary N) is 2. The van der Waals surface area contributed by atoms with Crippen molar-refractivity contribution in [2.75, 3.05) is 10.6 Å². The predicted octanol–water partition coefficient (Wildman–Crippen LogP) is 5.33. The first-order chi connectivity index (χ1) is 14.3. The van der Waals surface area contributed by atoms with Crippen LogP contribution in [0.25, 0.3) is 0 Å². The van der Waals surface area contributed by atoms with Crippen molar-refractivity contribution in [2.24, 2.45) is 0 Å². The van der Waals surface area contributed by atoms with E-state index in [1.165, 1.54) is 0 Å². The molecule has 0 radical (unpaired) electrons. The lowest BCUT2D eigenvalue weighted by Gasteiger charge is -2.13. The van der Waals surface area contributed by atoms with E-state index < -0.39 is 0 Å². The van der Waals surface area contributed by atoms with Gasteiger partial charge in [0.25, 0.3) is 0 Å². The van der Waals surface area contributed by atoms with Gasteiger partial charge in [0.05, 0.1) is 5.69 Å². The number of aromatic nitrogens is 3. The molecule has 0 aliphatic carbocycles. The lowest BCUT2D eigenvalue weighted by molar-refractivity contribution is 0.485. The fourth-order valence-corrected chi connectivity index (χ4v) is 2.80. The number of anilines is 3. The number of nitrogens with zero attached hydrogens (tertiary/aromatic N) is 3. The summed E-state index contributed by atoms with van der Waals surface area (Å²) in [7, 11) is 0. The fraction of sp³-hybridized carbons (Fsp3) is 0.0870. The van der Waals surface area contributed by atoms with Crippen LogP contribution in [0.15, 0.2) is 85.2 Å². The highest BCUT2D eigenvalue weighted by Gasteiger charge is 2.08. The van der Waals surface area contributed by atoms with Crippen molar-refractivity contribution >= 4 is 17.5 Å². The molecule has 144 valence electrons. The van der Waals surface area contributed by atoms with Crippen LogP contribution in [0, 0.1) is 6.92 Å². The van der Waals surface area contributed by atoms with Crippen molar-refractivity contribution in [1.82, 2.24) is 15.0 Å². The van der Waals surface area contributed by atoms with E-state index in [0.29, 0.717) is 18.2 Å². The van der Waals surface area contributed by atoms with Crippen LogP contribution in [0.3, 0.4) is 0 Å². The molecule has 0 fully saturated rings. The summed E-state index contributed by atoms with van der Waals surface area (Å²) in [6, 6.07) is 23.3. The highest BCUT2D eigenvalue weighted by molar-refractivity contribution is 5.64. The van der Waals surface area contributed by atoms with Gasteiger partial charge in [-0.2, -0.15) is 4.98 Å². The molecule has 2 aromatic heterocycles. The molecule has 0 saturated carbocycles. The first kappa shape index (κ1) is 18.4. The molecule has 2 heterocycles. The monoisotopic (exact) mass is 383 g/mol. The number of hydrogen-bond acceptors (Lipinski definition) is 6. The Kier molecular flexibility index (Phi) is 5.62. The summed E-state index contributed by atoms with van der Waals surface area (Å²) in [5, 5.41) is 6.61. The van der Waals surface area contributed by atoms with Crippen LogP contribution >= 0.6 is 0 Å². The molecule has 4 aromatic rings. The van der Waals surface area contributed by atoms with Crippen molar-refractivity contribution in [3.63, 3.8) is 0 Å². The number of para-hydroxylation sites is 3. The van der Waals surface area contributed by atoms with Gasteiger partial charge in [-0.05, 0) is 48.9 Å². The van der Waals surface area contributed by atoms with Gasteiger partial charge in [-0.3, -0.25) is 4.98 Å². The van der Waals surface area contributed by atoms with Gasteiger partial charge < -0.3 is 15.4 Å². The molecule has 0 aliphatic heterocycles. The second-order valence-corrected chi connectivity index (χ2v) is 6.46. The topological polar surface area (TPSA) is 72.0 Å². The van der Waals surface area contributed by atoms with Crippen LogP contribution in [0.1, 0.15) is 11.3 Å². The molecular formula is C23H21N5O. The number of pyridine rings is 1. The Balaban J connectivity index is 1.51. The van der Waals surface area contributed by atoms with E-state index in [9.17, 15) is 0 Å². The van der Waals surface area contributed by atoms with E-state index in [4.69, 9.17) is 4.74 Å². The first-order valence-electron chi connectivity index (χ1n) is 9.34. The zero-order chi connectivity index (χ0) is 19.9. The third kappa shape index (κ3) is 5.07. The molecule has 2 aromatic carbocycles. The predicted molar refractivity (Wildman–Crippen MR) is 115 cm³/mol. The average molecular weight is 383 g/mol. The number of ether oxygens (including phenoxy) is 1. The van der Waals surface area contributed by atoms with E-state index >= 15 is 0 Å². The minimum atomic E-state index is 0.506. The van der Waals surface area contributed by atoms with Crippen molar-refractivity contribution in [3.05, 3.63) is 96.4 Å². The van der Waals surface area contributed by atoms with E-state index in [-0.39, 0.29) is 0 Å². The Hall–Kier alpha value is -3.93. The maximum absolute atomic E-state index is 6.01. The van der Waals surface area contributed by atoms with Crippen molar-refractivity contribution in [2.45, 2.75) is 13.5 Å². The van der Waals surface area contributed by atoms with Crippen LogP contribution in [0.2, 0.25) is 0 Å². The van der Waals surface area contributed by atoms with Gasteiger partial charge in [-0.25, -0.2) is 4.98 Å². The highest BCUT2D eigenvalue weighted by atomic mass is 16.5. The molecule has 0 bridgehead atoms. The first-order valence-corrected chi connectivity index (χ1v) is 9.34. The molecule has 6 heteroatoms. The summed E-state index contributed by atoms with van der Waals surface area (Å²) in [4.78, 5) is 13.1. The zero-order valence-electron chi connectivity index (χ0n) is 16.0. The third-order valence-electron chi connectivity index (χ3n) is 4.18. The lowest BCUT2D eigenvalue weighted by Crippen LogP contribution is -2.06. The summed E-state index contributed by atoms with van der Waals surface area (Å²) >= 11 is 0. The standard InChI is InChI=1S/C23H21N5O/c1-17-15-22(25-16-18-11-13-24-14-12-18)28-23(26-17)27-20-9-5-6-10-21(20)29-19-7-3-2-4-8-19/h2-15H,16H2,1H3,(H2,25,26,27,28). The molecule has 0 saturated heterocycles. The summed E-state index contributed by atoms with van der Waals surface area (Å²) in [5.74, 6) is 2.73. The summed E-state index contributed by atoms with van der Waals surface area (Å²) in [5.41, 5.74) is 2.79. The van der Waals surface area contributed by atoms with Gasteiger partial charge in [0.15, 0.2) is 5.75 Å².